The molecule has 14 heteroatoms. The largest absolute Gasteiger partial charge is 0.478 e. The van der Waals surface area contributed by atoms with E-state index in [0.717, 1.165) is 11.3 Å². The molecule has 10 nitrogen and oxygen atoms in total. The van der Waals surface area contributed by atoms with Gasteiger partial charge in [0.15, 0.2) is 10.8 Å². The number of halogens is 2. The van der Waals surface area contributed by atoms with Gasteiger partial charge >= 0.3 is 5.97 Å². The maximum Gasteiger partial charge on any atom is 0.333 e. The van der Waals surface area contributed by atoms with Gasteiger partial charge in [-0.15, -0.1) is 23.1 Å². The first kappa shape index (κ1) is 23.4. The van der Waals surface area contributed by atoms with Gasteiger partial charge in [-0.25, -0.2) is 9.78 Å². The van der Waals surface area contributed by atoms with Crippen LogP contribution in [0.5, 0.6) is 0 Å². The first-order chi connectivity index (χ1) is 15.7. The SMILES string of the molecule is Nc1nc(C(=NOCc2ccc(Cl)cc2Cl)C(=O)NC2C(=O)N3C=C(C(=O)O)CS[C@H]23)cs1. The maximum atomic E-state index is 13.0. The number of β-lactam (4-membered cyclic amide) rings is 1. The Morgan fingerprint density at radius 2 is 2.18 bits per heavy atom. The number of thiazole rings is 1. The van der Waals surface area contributed by atoms with Crippen molar-refractivity contribution < 1.29 is 24.3 Å². The minimum atomic E-state index is -1.09. The number of carboxylic acids is 1. The van der Waals surface area contributed by atoms with Gasteiger partial charge in [-0.1, -0.05) is 34.4 Å². The monoisotopic (exact) mass is 527 g/mol. The van der Waals surface area contributed by atoms with Crippen LogP contribution >= 0.6 is 46.3 Å². The van der Waals surface area contributed by atoms with Gasteiger partial charge in [0.1, 0.15) is 23.7 Å². The third-order valence-electron chi connectivity index (χ3n) is 4.72. The molecule has 172 valence electrons. The number of nitrogens with two attached hydrogens (primary N) is 1. The zero-order valence-electron chi connectivity index (χ0n) is 16.5. The van der Waals surface area contributed by atoms with Gasteiger partial charge in [0.2, 0.25) is 0 Å². The third-order valence-corrected chi connectivity index (χ3v) is 7.30. The molecule has 4 N–H and O–H groups in total. The number of rotatable bonds is 7. The fourth-order valence-corrected chi connectivity index (χ4v) is 5.31. The second-order valence-electron chi connectivity index (χ2n) is 6.88. The fourth-order valence-electron chi connectivity index (χ4n) is 3.05. The number of anilines is 1. The molecule has 0 radical (unpaired) electrons. The molecule has 2 aliphatic heterocycles. The van der Waals surface area contributed by atoms with Crippen molar-refractivity contribution in [2.75, 3.05) is 11.5 Å². The number of carbonyl (C=O) groups is 3. The van der Waals surface area contributed by atoms with Crippen LogP contribution in [0.3, 0.4) is 0 Å². The lowest BCUT2D eigenvalue weighted by Crippen LogP contribution is -2.69. The molecule has 0 saturated carbocycles. The second kappa shape index (κ2) is 9.59. The van der Waals surface area contributed by atoms with Gasteiger partial charge < -0.3 is 25.9 Å². The molecule has 4 rings (SSSR count). The van der Waals surface area contributed by atoms with Crippen molar-refractivity contribution in [3.8, 4) is 0 Å². The van der Waals surface area contributed by atoms with Crippen LogP contribution in [-0.4, -0.2) is 55.7 Å². The van der Waals surface area contributed by atoms with E-state index >= 15 is 0 Å². The van der Waals surface area contributed by atoms with Crippen molar-refractivity contribution in [1.29, 1.82) is 0 Å². The number of benzene rings is 1. The Balaban J connectivity index is 1.48. The number of aromatic nitrogens is 1. The summed E-state index contributed by atoms with van der Waals surface area (Å²) in [7, 11) is 0. The molecule has 33 heavy (non-hydrogen) atoms. The molecular weight excluding hydrogens is 513 g/mol. The number of amides is 2. The summed E-state index contributed by atoms with van der Waals surface area (Å²) in [6.07, 6.45) is 1.30. The van der Waals surface area contributed by atoms with E-state index in [1.807, 2.05) is 0 Å². The molecule has 0 aliphatic carbocycles. The lowest BCUT2D eigenvalue weighted by molar-refractivity contribution is -0.144. The summed E-state index contributed by atoms with van der Waals surface area (Å²) in [5, 5.41) is 17.9. The fraction of sp³-hybridized carbons (Fsp3) is 0.211. The highest BCUT2D eigenvalue weighted by atomic mass is 35.5. The number of carboxylic acid groups (broad SMARTS) is 1. The number of nitrogens with zero attached hydrogens (tertiary/aromatic N) is 3. The number of hydrogen-bond acceptors (Lipinski definition) is 9. The molecule has 2 atom stereocenters. The summed E-state index contributed by atoms with van der Waals surface area (Å²) in [6.45, 7) is -0.0379. The van der Waals surface area contributed by atoms with Gasteiger partial charge in [-0.05, 0) is 12.1 Å². The molecule has 0 bridgehead atoms. The Bertz CT molecular complexity index is 1200. The number of oxime groups is 1. The number of aliphatic carboxylic acids is 1. The van der Waals surface area contributed by atoms with Crippen LogP contribution in [0.1, 0.15) is 11.3 Å². The van der Waals surface area contributed by atoms with E-state index in [-0.39, 0.29) is 34.5 Å². The lowest BCUT2D eigenvalue weighted by atomic mass is 10.1. The normalized spacial score (nSPS) is 19.9. The first-order valence-electron chi connectivity index (χ1n) is 9.28. The molecule has 2 aromatic rings. The number of nitrogens with one attached hydrogen (secondary N) is 1. The number of carbonyl (C=O) groups excluding carboxylic acids is 2. The van der Waals surface area contributed by atoms with Gasteiger partial charge in [0.05, 0.1) is 5.57 Å². The zero-order valence-corrected chi connectivity index (χ0v) is 19.7. The number of nitrogen functional groups attached to an aromatic ring is 1. The smallest absolute Gasteiger partial charge is 0.333 e. The molecule has 1 fully saturated rings. The third kappa shape index (κ3) is 4.93. The molecule has 1 aromatic carbocycles. The quantitative estimate of drug-likeness (QED) is 0.282. The Morgan fingerprint density at radius 3 is 2.85 bits per heavy atom. The second-order valence-corrected chi connectivity index (χ2v) is 9.72. The average Bonchev–Trinajstić information content (AvgIpc) is 3.21. The number of hydrogen-bond donors (Lipinski definition) is 3. The highest BCUT2D eigenvalue weighted by Crippen LogP contribution is 2.36. The summed E-state index contributed by atoms with van der Waals surface area (Å²) >= 11 is 14.4. The van der Waals surface area contributed by atoms with E-state index in [1.54, 1.807) is 23.6 Å². The van der Waals surface area contributed by atoms with E-state index in [2.05, 4.69) is 15.5 Å². The van der Waals surface area contributed by atoms with Crippen molar-refractivity contribution in [3.05, 3.63) is 56.7 Å². The van der Waals surface area contributed by atoms with Crippen molar-refractivity contribution in [3.63, 3.8) is 0 Å². The van der Waals surface area contributed by atoms with E-state index in [9.17, 15) is 14.4 Å². The summed E-state index contributed by atoms with van der Waals surface area (Å²) in [5.74, 6) is -1.99. The van der Waals surface area contributed by atoms with Crippen molar-refractivity contribution in [2.24, 2.45) is 5.16 Å². The van der Waals surface area contributed by atoms with Gasteiger partial charge in [-0.3, -0.25) is 9.59 Å². The molecule has 1 aromatic heterocycles. The van der Waals surface area contributed by atoms with Crippen LogP contribution in [0.25, 0.3) is 0 Å². The summed E-state index contributed by atoms with van der Waals surface area (Å²) in [5.41, 5.74) is 6.43. The molecular formula is C19H15Cl2N5O5S2. The number of fused-ring (bicyclic) bond motifs is 1. The number of thioether (sulfide) groups is 1. The van der Waals surface area contributed by atoms with Crippen LogP contribution in [0.15, 0.2) is 40.5 Å². The lowest BCUT2D eigenvalue weighted by Gasteiger charge is -2.46. The molecule has 2 aliphatic rings. The predicted octanol–water partition coefficient (Wildman–Crippen LogP) is 2.32. The molecule has 1 saturated heterocycles. The summed E-state index contributed by atoms with van der Waals surface area (Å²) in [6, 6.07) is 4.02. The Kier molecular flexibility index (Phi) is 6.79. The first-order valence-corrected chi connectivity index (χ1v) is 12.0. The van der Waals surface area contributed by atoms with Crippen molar-refractivity contribution in [1.82, 2.24) is 15.2 Å². The minimum absolute atomic E-state index is 0.0379. The highest BCUT2D eigenvalue weighted by Gasteiger charge is 2.50. The van der Waals surface area contributed by atoms with E-state index < -0.39 is 29.2 Å². The van der Waals surface area contributed by atoms with E-state index in [1.165, 1.54) is 22.9 Å². The van der Waals surface area contributed by atoms with Crippen LogP contribution in [-0.2, 0) is 25.8 Å². The summed E-state index contributed by atoms with van der Waals surface area (Å²) < 4.78 is 0. The van der Waals surface area contributed by atoms with Gasteiger partial charge in [-0.2, -0.15) is 0 Å². The van der Waals surface area contributed by atoms with Crippen LogP contribution in [0.2, 0.25) is 10.0 Å². The topological polar surface area (TPSA) is 147 Å². The molecule has 2 amide bonds. The van der Waals surface area contributed by atoms with Gasteiger partial charge in [0, 0.05) is 32.9 Å². The van der Waals surface area contributed by atoms with E-state index in [4.69, 9.17) is 38.9 Å². The van der Waals surface area contributed by atoms with E-state index in [0.29, 0.717) is 15.6 Å². The molecule has 1 unspecified atom stereocenters. The standard InChI is InChI=1S/C19H15Cl2N5O5S2/c20-10-2-1-8(11(21)3-10)5-31-25-13(12-7-33-19(22)23-12)15(27)24-14-16(28)26-4-9(18(29)30)6-32-17(14)26/h1-4,7,14,17H,5-6H2,(H2,22,23)(H,24,27)(H,29,30)/t14?,17-/m1/s1. The van der Waals surface area contributed by atoms with Crippen LogP contribution in [0.4, 0.5) is 5.13 Å². The molecule has 3 heterocycles. The zero-order chi connectivity index (χ0) is 23.7. The highest BCUT2D eigenvalue weighted by molar-refractivity contribution is 8.00. The Labute approximate surface area is 205 Å². The molecule has 0 spiro atoms. The Morgan fingerprint density at radius 1 is 1.39 bits per heavy atom. The Hall–Kier alpha value is -2.80. The van der Waals surface area contributed by atoms with Crippen LogP contribution in [0, 0.1) is 0 Å². The minimum Gasteiger partial charge on any atom is -0.478 e. The predicted molar refractivity (Wildman–Crippen MR) is 125 cm³/mol. The van der Waals surface area contributed by atoms with Crippen molar-refractivity contribution >= 4 is 74.9 Å². The van der Waals surface area contributed by atoms with Crippen LogP contribution < -0.4 is 11.1 Å². The average molecular weight is 528 g/mol. The summed E-state index contributed by atoms with van der Waals surface area (Å²) in [4.78, 5) is 47.3. The maximum absolute atomic E-state index is 13.0. The van der Waals surface area contributed by atoms with Crippen molar-refractivity contribution in [2.45, 2.75) is 18.0 Å². The van der Waals surface area contributed by atoms with Gasteiger partial charge in [0.25, 0.3) is 11.8 Å².